The largest absolute Gasteiger partial charge is 0.435 e. The van der Waals surface area contributed by atoms with Crippen molar-refractivity contribution in [1.29, 1.82) is 0 Å². The summed E-state index contributed by atoms with van der Waals surface area (Å²) in [4.78, 5) is 11.8. The minimum absolute atomic E-state index is 0.00718. The molecule has 0 saturated carbocycles. The minimum atomic E-state index is -2.95. The Labute approximate surface area is 147 Å². The molecule has 2 rings (SSSR count). The summed E-state index contributed by atoms with van der Waals surface area (Å²) >= 11 is 0. The Balaban J connectivity index is 1.90. The highest BCUT2D eigenvalue weighted by Gasteiger charge is 2.09. The van der Waals surface area contributed by atoms with Gasteiger partial charge in [0.25, 0.3) is 0 Å². The summed E-state index contributed by atoms with van der Waals surface area (Å²) in [6.45, 7) is -5.85. The van der Waals surface area contributed by atoms with Gasteiger partial charge in [0.15, 0.2) is 0 Å². The SMILES string of the molecule is O=C(/C=C/c1ccc(OC(F)F)cc1)NCc1ccccc1OC(F)F. The van der Waals surface area contributed by atoms with Crippen LogP contribution in [0.3, 0.4) is 0 Å². The topological polar surface area (TPSA) is 47.6 Å². The van der Waals surface area contributed by atoms with Crippen LogP contribution in [-0.2, 0) is 11.3 Å². The maximum Gasteiger partial charge on any atom is 0.387 e. The van der Waals surface area contributed by atoms with Gasteiger partial charge in [-0.15, -0.1) is 0 Å². The second kappa shape index (κ2) is 9.45. The smallest absolute Gasteiger partial charge is 0.387 e. The number of para-hydroxylation sites is 1. The van der Waals surface area contributed by atoms with Crippen molar-refractivity contribution in [3.05, 3.63) is 65.7 Å². The zero-order valence-electron chi connectivity index (χ0n) is 13.4. The van der Waals surface area contributed by atoms with Gasteiger partial charge in [-0.1, -0.05) is 30.3 Å². The molecule has 0 spiro atoms. The molecular formula is C18H15F4NO3. The Kier molecular flexibility index (Phi) is 7.02. The van der Waals surface area contributed by atoms with Gasteiger partial charge < -0.3 is 14.8 Å². The van der Waals surface area contributed by atoms with E-state index in [-0.39, 0.29) is 18.0 Å². The molecule has 1 amide bonds. The molecule has 0 fully saturated rings. The summed E-state index contributed by atoms with van der Waals surface area (Å²) in [5.41, 5.74) is 1.01. The number of hydrogen-bond donors (Lipinski definition) is 1. The average molecular weight is 369 g/mol. The Bertz CT molecular complexity index is 748. The molecule has 4 nitrogen and oxygen atoms in total. The summed E-state index contributed by atoms with van der Waals surface area (Å²) < 4.78 is 57.4. The first-order chi connectivity index (χ1) is 12.4. The third kappa shape index (κ3) is 6.46. The fraction of sp³-hybridized carbons (Fsp3) is 0.167. The van der Waals surface area contributed by atoms with Crippen LogP contribution >= 0.6 is 0 Å². The Morgan fingerprint density at radius 1 is 0.962 bits per heavy atom. The van der Waals surface area contributed by atoms with Crippen molar-refractivity contribution in [3.63, 3.8) is 0 Å². The summed E-state index contributed by atoms with van der Waals surface area (Å²) in [6, 6.07) is 11.8. The second-order valence-corrected chi connectivity index (χ2v) is 4.98. The highest BCUT2D eigenvalue weighted by atomic mass is 19.3. The predicted octanol–water partition coefficient (Wildman–Crippen LogP) is 4.22. The standard InChI is InChI=1S/C18H15F4NO3/c19-17(20)25-14-8-5-12(6-9-14)7-10-16(24)23-11-13-3-1-2-4-15(13)26-18(21)22/h1-10,17-18H,11H2,(H,23,24)/b10-7+. The number of hydrogen-bond acceptors (Lipinski definition) is 3. The van der Waals surface area contributed by atoms with E-state index in [2.05, 4.69) is 14.8 Å². The first-order valence-corrected chi connectivity index (χ1v) is 7.47. The van der Waals surface area contributed by atoms with Gasteiger partial charge in [0.1, 0.15) is 11.5 Å². The Morgan fingerprint density at radius 2 is 1.62 bits per heavy atom. The molecular weight excluding hydrogens is 354 g/mol. The number of amides is 1. The van der Waals surface area contributed by atoms with Gasteiger partial charge in [0, 0.05) is 18.2 Å². The van der Waals surface area contributed by atoms with Crippen molar-refractivity contribution in [2.24, 2.45) is 0 Å². The monoisotopic (exact) mass is 369 g/mol. The summed E-state index contributed by atoms with van der Waals surface area (Å²) in [6.07, 6.45) is 2.71. The van der Waals surface area contributed by atoms with E-state index in [1.165, 1.54) is 42.5 Å². The Hall–Kier alpha value is -3.03. The normalized spacial score (nSPS) is 11.2. The number of carbonyl (C=O) groups excluding carboxylic acids is 1. The third-order valence-electron chi connectivity index (χ3n) is 3.17. The maximum atomic E-state index is 12.3. The zero-order valence-corrected chi connectivity index (χ0v) is 13.4. The first-order valence-electron chi connectivity index (χ1n) is 7.47. The van der Waals surface area contributed by atoms with Gasteiger partial charge in [-0.3, -0.25) is 4.79 Å². The zero-order chi connectivity index (χ0) is 18.9. The van der Waals surface area contributed by atoms with Crippen LogP contribution in [0, 0.1) is 0 Å². The molecule has 138 valence electrons. The molecule has 0 bridgehead atoms. The van der Waals surface area contributed by atoms with Crippen LogP contribution in [0.25, 0.3) is 6.08 Å². The van der Waals surface area contributed by atoms with E-state index in [0.717, 1.165) is 0 Å². The van der Waals surface area contributed by atoms with Crippen molar-refractivity contribution >= 4 is 12.0 Å². The lowest BCUT2D eigenvalue weighted by Crippen LogP contribution is -2.21. The first kappa shape index (κ1) is 19.3. The predicted molar refractivity (Wildman–Crippen MR) is 87.0 cm³/mol. The van der Waals surface area contributed by atoms with E-state index < -0.39 is 19.1 Å². The molecule has 26 heavy (non-hydrogen) atoms. The highest BCUT2D eigenvalue weighted by molar-refractivity contribution is 5.91. The summed E-state index contributed by atoms with van der Waals surface area (Å²) in [5, 5.41) is 2.55. The van der Waals surface area contributed by atoms with Crippen molar-refractivity contribution in [2.45, 2.75) is 19.8 Å². The Morgan fingerprint density at radius 3 is 2.27 bits per heavy atom. The van der Waals surface area contributed by atoms with Crippen LogP contribution in [0.15, 0.2) is 54.6 Å². The molecule has 0 aliphatic carbocycles. The molecule has 0 saturated heterocycles. The quantitative estimate of drug-likeness (QED) is 0.560. The number of halogens is 4. The molecule has 1 N–H and O–H groups in total. The van der Waals surface area contributed by atoms with Gasteiger partial charge in [0.2, 0.25) is 5.91 Å². The van der Waals surface area contributed by atoms with E-state index in [1.807, 2.05) is 0 Å². The number of nitrogens with one attached hydrogen (secondary N) is 1. The molecule has 0 heterocycles. The van der Waals surface area contributed by atoms with Gasteiger partial charge in [0.05, 0.1) is 0 Å². The average Bonchev–Trinajstić information content (AvgIpc) is 2.59. The van der Waals surface area contributed by atoms with E-state index in [0.29, 0.717) is 11.1 Å². The van der Waals surface area contributed by atoms with Crippen LogP contribution in [0.1, 0.15) is 11.1 Å². The molecule has 2 aromatic carbocycles. The number of ether oxygens (including phenoxy) is 2. The van der Waals surface area contributed by atoms with Crippen molar-refractivity contribution in [2.75, 3.05) is 0 Å². The lowest BCUT2D eigenvalue weighted by Gasteiger charge is -2.10. The second-order valence-electron chi connectivity index (χ2n) is 4.98. The molecule has 0 unspecified atom stereocenters. The fourth-order valence-corrected chi connectivity index (χ4v) is 2.03. The van der Waals surface area contributed by atoms with Crippen LogP contribution in [0.4, 0.5) is 17.6 Å². The molecule has 0 atom stereocenters. The van der Waals surface area contributed by atoms with E-state index in [1.54, 1.807) is 18.2 Å². The molecule has 0 aliphatic rings. The third-order valence-corrected chi connectivity index (χ3v) is 3.17. The van der Waals surface area contributed by atoms with Crippen molar-refractivity contribution in [1.82, 2.24) is 5.32 Å². The van der Waals surface area contributed by atoms with Gasteiger partial charge >= 0.3 is 13.2 Å². The van der Waals surface area contributed by atoms with Gasteiger partial charge in [-0.05, 0) is 29.8 Å². The molecule has 8 heteroatoms. The van der Waals surface area contributed by atoms with Crippen LogP contribution in [0.5, 0.6) is 11.5 Å². The summed E-state index contributed by atoms with van der Waals surface area (Å²) in [7, 11) is 0. The molecule has 0 aromatic heterocycles. The lowest BCUT2D eigenvalue weighted by molar-refractivity contribution is -0.116. The molecule has 2 aromatic rings. The van der Waals surface area contributed by atoms with E-state index in [9.17, 15) is 22.4 Å². The fourth-order valence-electron chi connectivity index (χ4n) is 2.03. The number of benzene rings is 2. The number of alkyl halides is 4. The number of carbonyl (C=O) groups is 1. The maximum absolute atomic E-state index is 12.3. The van der Waals surface area contributed by atoms with Crippen LogP contribution in [-0.4, -0.2) is 19.1 Å². The molecule has 0 radical (unpaired) electrons. The highest BCUT2D eigenvalue weighted by Crippen LogP contribution is 2.20. The van der Waals surface area contributed by atoms with E-state index in [4.69, 9.17) is 0 Å². The molecule has 0 aliphatic heterocycles. The van der Waals surface area contributed by atoms with Gasteiger partial charge in [-0.2, -0.15) is 17.6 Å². The van der Waals surface area contributed by atoms with Crippen molar-refractivity contribution < 1.29 is 31.8 Å². The number of rotatable bonds is 8. The van der Waals surface area contributed by atoms with Gasteiger partial charge in [-0.25, -0.2) is 0 Å². The van der Waals surface area contributed by atoms with Crippen LogP contribution < -0.4 is 14.8 Å². The van der Waals surface area contributed by atoms with Crippen molar-refractivity contribution in [3.8, 4) is 11.5 Å². The summed E-state index contributed by atoms with van der Waals surface area (Å²) in [5.74, 6) is -0.455. The lowest BCUT2D eigenvalue weighted by atomic mass is 10.2. The van der Waals surface area contributed by atoms with E-state index >= 15 is 0 Å². The van der Waals surface area contributed by atoms with Crippen LogP contribution in [0.2, 0.25) is 0 Å². The minimum Gasteiger partial charge on any atom is -0.435 e.